The highest BCUT2D eigenvalue weighted by Gasteiger charge is 2.01. The lowest BCUT2D eigenvalue weighted by Crippen LogP contribution is -1.92. The summed E-state index contributed by atoms with van der Waals surface area (Å²) in [6.07, 6.45) is 0.396. The third-order valence-electron chi connectivity index (χ3n) is 1.56. The van der Waals surface area contributed by atoms with Gasteiger partial charge < -0.3 is 0 Å². The van der Waals surface area contributed by atoms with E-state index >= 15 is 0 Å². The average molecular weight is 200 g/mol. The first-order valence-corrected chi connectivity index (χ1v) is 4.06. The largest absolute Gasteiger partial charge is 0.207 e. The number of nitrogens with zero attached hydrogens (tertiary/aromatic N) is 3. The molecular weight excluding hydrogens is 193 g/mol. The van der Waals surface area contributed by atoms with Gasteiger partial charge in [-0.05, 0) is 29.6 Å². The van der Waals surface area contributed by atoms with Crippen LogP contribution in [0.5, 0.6) is 0 Å². The minimum Gasteiger partial charge on any atom is -0.207 e. The maximum atomic E-state index is 13.1. The van der Waals surface area contributed by atoms with Crippen molar-refractivity contribution in [2.75, 3.05) is 6.54 Å². The molecule has 0 aliphatic heterocycles. The van der Waals surface area contributed by atoms with Crippen molar-refractivity contribution in [3.8, 4) is 0 Å². The molecule has 0 aliphatic carbocycles. The van der Waals surface area contributed by atoms with Crippen LogP contribution in [-0.2, 0) is 6.42 Å². The molecule has 0 spiro atoms. The smallest absolute Gasteiger partial charge is 0.127 e. The van der Waals surface area contributed by atoms with Crippen LogP contribution in [0.3, 0.4) is 0 Å². The summed E-state index contributed by atoms with van der Waals surface area (Å²) in [5.41, 5.74) is 8.51. The number of hydrogen-bond acceptors (Lipinski definition) is 1. The average Bonchev–Trinajstić information content (AvgIpc) is 2.09. The van der Waals surface area contributed by atoms with Gasteiger partial charge in [-0.1, -0.05) is 22.8 Å². The SMILES string of the molecule is [N-]=[N+]=NCCc1ccc(Cl)cc1F. The Bertz CT molecular complexity index is 347. The lowest BCUT2D eigenvalue weighted by Gasteiger charge is -1.99. The second kappa shape index (κ2) is 4.70. The zero-order valence-corrected chi connectivity index (χ0v) is 7.50. The fourth-order valence-corrected chi connectivity index (χ4v) is 1.10. The number of benzene rings is 1. The van der Waals surface area contributed by atoms with Crippen LogP contribution in [0.25, 0.3) is 10.4 Å². The molecule has 0 bridgehead atoms. The van der Waals surface area contributed by atoms with E-state index in [0.717, 1.165) is 0 Å². The van der Waals surface area contributed by atoms with Crippen molar-refractivity contribution in [1.29, 1.82) is 0 Å². The van der Waals surface area contributed by atoms with Crippen molar-refractivity contribution in [3.05, 3.63) is 45.0 Å². The summed E-state index contributed by atoms with van der Waals surface area (Å²) in [4.78, 5) is 2.57. The van der Waals surface area contributed by atoms with Crippen LogP contribution in [0.2, 0.25) is 5.02 Å². The Morgan fingerprint density at radius 1 is 1.54 bits per heavy atom. The van der Waals surface area contributed by atoms with Crippen LogP contribution < -0.4 is 0 Å². The summed E-state index contributed by atoms with van der Waals surface area (Å²) in [5.74, 6) is -0.361. The standard InChI is InChI=1S/C8H7ClFN3/c9-7-2-1-6(8(10)5-7)3-4-12-13-11/h1-2,5H,3-4H2. The molecule has 5 heteroatoms. The lowest BCUT2D eigenvalue weighted by molar-refractivity contribution is 0.609. The Kier molecular flexibility index (Phi) is 3.55. The summed E-state index contributed by atoms with van der Waals surface area (Å²) in [5, 5.41) is 3.68. The molecule has 0 N–H and O–H groups in total. The van der Waals surface area contributed by atoms with Crippen LogP contribution in [0.15, 0.2) is 23.3 Å². The van der Waals surface area contributed by atoms with E-state index in [2.05, 4.69) is 10.0 Å². The van der Waals surface area contributed by atoms with E-state index in [4.69, 9.17) is 17.1 Å². The quantitative estimate of drug-likeness (QED) is 0.407. The molecule has 68 valence electrons. The van der Waals surface area contributed by atoms with Gasteiger partial charge in [0.1, 0.15) is 5.82 Å². The second-order valence-corrected chi connectivity index (χ2v) is 2.88. The van der Waals surface area contributed by atoms with Crippen LogP contribution in [0, 0.1) is 5.82 Å². The van der Waals surface area contributed by atoms with Gasteiger partial charge in [0.25, 0.3) is 0 Å². The molecule has 0 aromatic heterocycles. The van der Waals surface area contributed by atoms with Gasteiger partial charge in [0.05, 0.1) is 0 Å². The molecule has 0 saturated carbocycles. The van der Waals surface area contributed by atoms with Crippen LogP contribution in [0.4, 0.5) is 4.39 Å². The van der Waals surface area contributed by atoms with Crippen molar-refractivity contribution in [2.45, 2.75) is 6.42 Å². The van der Waals surface area contributed by atoms with E-state index in [-0.39, 0.29) is 12.4 Å². The molecule has 0 aliphatic rings. The summed E-state index contributed by atoms with van der Waals surface area (Å²) in [7, 11) is 0. The fraction of sp³-hybridized carbons (Fsp3) is 0.250. The minimum atomic E-state index is -0.361. The van der Waals surface area contributed by atoms with Crippen LogP contribution in [-0.4, -0.2) is 6.54 Å². The molecule has 0 unspecified atom stereocenters. The van der Waals surface area contributed by atoms with Crippen molar-refractivity contribution in [2.24, 2.45) is 5.11 Å². The topological polar surface area (TPSA) is 48.8 Å². The molecule has 1 aromatic rings. The van der Waals surface area contributed by atoms with E-state index in [9.17, 15) is 4.39 Å². The van der Waals surface area contributed by atoms with E-state index in [1.165, 1.54) is 6.07 Å². The van der Waals surface area contributed by atoms with Gasteiger partial charge in [-0.2, -0.15) is 0 Å². The lowest BCUT2D eigenvalue weighted by atomic mass is 10.1. The summed E-state index contributed by atoms with van der Waals surface area (Å²) >= 11 is 5.56. The molecule has 3 nitrogen and oxygen atoms in total. The molecule has 1 rings (SSSR count). The molecule has 1 aromatic carbocycles. The van der Waals surface area contributed by atoms with E-state index in [1.807, 2.05) is 0 Å². The zero-order chi connectivity index (χ0) is 9.68. The molecule has 0 atom stereocenters. The second-order valence-electron chi connectivity index (χ2n) is 2.44. The first-order valence-electron chi connectivity index (χ1n) is 3.69. The predicted molar refractivity (Wildman–Crippen MR) is 49.1 cm³/mol. The van der Waals surface area contributed by atoms with Gasteiger partial charge in [0.2, 0.25) is 0 Å². The van der Waals surface area contributed by atoms with Crippen molar-refractivity contribution in [1.82, 2.24) is 0 Å². The van der Waals surface area contributed by atoms with E-state index < -0.39 is 0 Å². The van der Waals surface area contributed by atoms with Crippen molar-refractivity contribution < 1.29 is 4.39 Å². The molecule has 0 heterocycles. The first kappa shape index (κ1) is 9.84. The van der Waals surface area contributed by atoms with Gasteiger partial charge in [0.15, 0.2) is 0 Å². The van der Waals surface area contributed by atoms with Crippen LogP contribution in [0.1, 0.15) is 5.56 Å². The van der Waals surface area contributed by atoms with Gasteiger partial charge >= 0.3 is 0 Å². The van der Waals surface area contributed by atoms with Gasteiger partial charge in [0, 0.05) is 16.5 Å². The Morgan fingerprint density at radius 3 is 2.92 bits per heavy atom. The Morgan fingerprint density at radius 2 is 2.31 bits per heavy atom. The fourth-order valence-electron chi connectivity index (χ4n) is 0.940. The molecule has 0 saturated heterocycles. The normalized spacial score (nSPS) is 9.38. The maximum Gasteiger partial charge on any atom is 0.127 e. The summed E-state index contributed by atoms with van der Waals surface area (Å²) < 4.78 is 13.1. The number of rotatable bonds is 3. The zero-order valence-electron chi connectivity index (χ0n) is 6.74. The van der Waals surface area contributed by atoms with E-state index in [1.54, 1.807) is 12.1 Å². The van der Waals surface area contributed by atoms with Crippen molar-refractivity contribution >= 4 is 11.6 Å². The monoisotopic (exact) mass is 199 g/mol. The Labute approximate surface area is 79.8 Å². The molecule has 0 fully saturated rings. The highest BCUT2D eigenvalue weighted by atomic mass is 35.5. The Hall–Kier alpha value is -1.25. The maximum absolute atomic E-state index is 13.1. The predicted octanol–water partition coefficient (Wildman–Crippen LogP) is 3.33. The number of hydrogen-bond donors (Lipinski definition) is 0. The molecule has 0 amide bonds. The summed E-state index contributed by atoms with van der Waals surface area (Å²) in [6, 6.07) is 4.44. The van der Waals surface area contributed by atoms with Gasteiger partial charge in [-0.3, -0.25) is 0 Å². The van der Waals surface area contributed by atoms with E-state index in [0.29, 0.717) is 17.0 Å². The molecule has 13 heavy (non-hydrogen) atoms. The first-order chi connectivity index (χ1) is 6.24. The third-order valence-corrected chi connectivity index (χ3v) is 1.79. The number of azide groups is 1. The minimum absolute atomic E-state index is 0.259. The Balaban J connectivity index is 2.71. The molecular formula is C8H7ClFN3. The molecule has 0 radical (unpaired) electrons. The number of halogens is 2. The third kappa shape index (κ3) is 2.93. The van der Waals surface area contributed by atoms with Gasteiger partial charge in [-0.25, -0.2) is 4.39 Å². The highest BCUT2D eigenvalue weighted by molar-refractivity contribution is 6.30. The van der Waals surface area contributed by atoms with Gasteiger partial charge in [-0.15, -0.1) is 0 Å². The van der Waals surface area contributed by atoms with Crippen LogP contribution >= 0.6 is 11.6 Å². The highest BCUT2D eigenvalue weighted by Crippen LogP contribution is 2.14. The van der Waals surface area contributed by atoms with Crippen molar-refractivity contribution in [3.63, 3.8) is 0 Å². The summed E-state index contributed by atoms with van der Waals surface area (Å²) in [6.45, 7) is 0.259.